The van der Waals surface area contributed by atoms with Gasteiger partial charge in [0.1, 0.15) is 5.82 Å². The molecule has 1 aliphatic rings. The zero-order valence-electron chi connectivity index (χ0n) is 12.2. The van der Waals surface area contributed by atoms with Crippen LogP contribution in [0.3, 0.4) is 0 Å². The highest BCUT2D eigenvalue weighted by Gasteiger charge is 2.22. The van der Waals surface area contributed by atoms with E-state index in [0.717, 1.165) is 17.9 Å². The zero-order chi connectivity index (χ0) is 14.7. The first-order valence-electron chi connectivity index (χ1n) is 7.61. The fourth-order valence-corrected chi connectivity index (χ4v) is 3.18. The normalized spacial score (nSPS) is 15.9. The van der Waals surface area contributed by atoms with E-state index in [4.69, 9.17) is 0 Å². The van der Waals surface area contributed by atoms with Gasteiger partial charge in [-0.15, -0.1) is 6.58 Å². The topological polar surface area (TPSA) is 49.0 Å². The van der Waals surface area contributed by atoms with Crippen molar-refractivity contribution >= 4 is 10.9 Å². The Morgan fingerprint density at radius 3 is 2.86 bits per heavy atom. The van der Waals surface area contributed by atoms with Crippen molar-refractivity contribution in [3.05, 3.63) is 53.1 Å². The summed E-state index contributed by atoms with van der Waals surface area (Å²) in [7, 11) is 0. The third-order valence-corrected chi connectivity index (χ3v) is 4.22. The van der Waals surface area contributed by atoms with E-state index in [9.17, 15) is 4.79 Å². The largest absolute Gasteiger partial charge is 0.309 e. The average Bonchev–Trinajstić information content (AvgIpc) is 3.01. The molecule has 1 aliphatic carbocycles. The molecule has 1 N–H and O–H groups in total. The number of nitrogens with one attached hydrogen (secondary N) is 1. The lowest BCUT2D eigenvalue weighted by atomic mass is 10.2. The maximum absolute atomic E-state index is 12.1. The van der Waals surface area contributed by atoms with E-state index < -0.39 is 0 Å². The molecule has 0 atom stereocenters. The summed E-state index contributed by atoms with van der Waals surface area (Å²) < 4.78 is 0. The molecule has 1 aromatic heterocycles. The van der Waals surface area contributed by atoms with Crippen molar-refractivity contribution in [2.75, 3.05) is 6.54 Å². The predicted molar refractivity (Wildman–Crippen MR) is 85.2 cm³/mol. The standard InChI is InChI=1S/C17H21N3O/c1-2-11-20(13-7-3-4-8-13)12-16-18-15-10-6-5-9-14(15)17(21)19-16/h2,5-6,9-10,13H,1,3-4,7-8,11-12H2,(H,18,19,21). The quantitative estimate of drug-likeness (QED) is 0.858. The second-order valence-corrected chi connectivity index (χ2v) is 5.69. The summed E-state index contributed by atoms with van der Waals surface area (Å²) in [5.41, 5.74) is 0.710. The molecule has 1 aromatic carbocycles. The van der Waals surface area contributed by atoms with Crippen molar-refractivity contribution in [3.63, 3.8) is 0 Å². The van der Waals surface area contributed by atoms with E-state index in [1.54, 1.807) is 0 Å². The monoisotopic (exact) mass is 283 g/mol. The first-order chi connectivity index (χ1) is 10.3. The molecule has 21 heavy (non-hydrogen) atoms. The van der Waals surface area contributed by atoms with Crippen LogP contribution in [-0.4, -0.2) is 27.5 Å². The van der Waals surface area contributed by atoms with E-state index in [-0.39, 0.29) is 5.56 Å². The Labute approximate surface area is 124 Å². The van der Waals surface area contributed by atoms with E-state index in [1.807, 2.05) is 30.3 Å². The summed E-state index contributed by atoms with van der Waals surface area (Å²) in [6.45, 7) is 5.36. The Morgan fingerprint density at radius 2 is 2.10 bits per heavy atom. The molecule has 1 fully saturated rings. The van der Waals surface area contributed by atoms with Crippen molar-refractivity contribution in [2.45, 2.75) is 38.3 Å². The smallest absolute Gasteiger partial charge is 0.258 e. The number of hydrogen-bond acceptors (Lipinski definition) is 3. The maximum atomic E-state index is 12.1. The van der Waals surface area contributed by atoms with Crippen LogP contribution in [-0.2, 0) is 6.54 Å². The molecule has 0 radical (unpaired) electrons. The molecule has 0 saturated heterocycles. The van der Waals surface area contributed by atoms with Gasteiger partial charge < -0.3 is 4.98 Å². The summed E-state index contributed by atoms with van der Waals surface area (Å²) >= 11 is 0. The van der Waals surface area contributed by atoms with Crippen LogP contribution < -0.4 is 5.56 Å². The summed E-state index contributed by atoms with van der Waals surface area (Å²) in [6, 6.07) is 8.06. The van der Waals surface area contributed by atoms with E-state index in [2.05, 4.69) is 21.4 Å². The molecular formula is C17H21N3O. The fourth-order valence-electron chi connectivity index (χ4n) is 3.18. The lowest BCUT2D eigenvalue weighted by Crippen LogP contribution is -2.34. The third kappa shape index (κ3) is 3.05. The first kappa shape index (κ1) is 14.0. The van der Waals surface area contributed by atoms with Gasteiger partial charge in [-0.25, -0.2) is 4.98 Å². The summed E-state index contributed by atoms with van der Waals surface area (Å²) in [4.78, 5) is 22.0. The number of para-hydroxylation sites is 1. The van der Waals surface area contributed by atoms with Crippen LogP contribution in [0, 0.1) is 0 Å². The number of aromatic nitrogens is 2. The molecule has 0 spiro atoms. The molecule has 3 rings (SSSR count). The van der Waals surface area contributed by atoms with Gasteiger partial charge in [0.2, 0.25) is 0 Å². The molecule has 1 heterocycles. The van der Waals surface area contributed by atoms with Crippen LogP contribution in [0.4, 0.5) is 0 Å². The number of fused-ring (bicyclic) bond motifs is 1. The van der Waals surface area contributed by atoms with Crippen molar-refractivity contribution in [1.82, 2.24) is 14.9 Å². The van der Waals surface area contributed by atoms with Crippen LogP contribution in [0.1, 0.15) is 31.5 Å². The molecule has 0 bridgehead atoms. The first-order valence-corrected chi connectivity index (χ1v) is 7.61. The molecule has 0 amide bonds. The van der Waals surface area contributed by atoms with Gasteiger partial charge in [-0.05, 0) is 25.0 Å². The van der Waals surface area contributed by atoms with E-state index in [1.165, 1.54) is 25.7 Å². The summed E-state index contributed by atoms with van der Waals surface area (Å²) in [5, 5.41) is 0.650. The highest BCUT2D eigenvalue weighted by atomic mass is 16.1. The maximum Gasteiger partial charge on any atom is 0.258 e. The van der Waals surface area contributed by atoms with Gasteiger partial charge >= 0.3 is 0 Å². The van der Waals surface area contributed by atoms with Gasteiger partial charge in [-0.2, -0.15) is 0 Å². The molecular weight excluding hydrogens is 262 g/mol. The number of aromatic amines is 1. The Morgan fingerprint density at radius 1 is 1.33 bits per heavy atom. The molecule has 4 nitrogen and oxygen atoms in total. The molecule has 1 saturated carbocycles. The van der Waals surface area contributed by atoms with Crippen LogP contribution in [0.5, 0.6) is 0 Å². The summed E-state index contributed by atoms with van der Waals surface area (Å²) in [5.74, 6) is 0.743. The third-order valence-electron chi connectivity index (χ3n) is 4.22. The molecule has 0 unspecified atom stereocenters. The Bertz CT molecular complexity index is 686. The van der Waals surface area contributed by atoms with Crippen LogP contribution in [0.2, 0.25) is 0 Å². The van der Waals surface area contributed by atoms with Crippen LogP contribution >= 0.6 is 0 Å². The van der Waals surface area contributed by atoms with Gasteiger partial charge in [0.25, 0.3) is 5.56 Å². The molecule has 0 aliphatic heterocycles. The lowest BCUT2D eigenvalue weighted by molar-refractivity contribution is 0.206. The van der Waals surface area contributed by atoms with Crippen molar-refractivity contribution in [3.8, 4) is 0 Å². The van der Waals surface area contributed by atoms with Crippen LogP contribution in [0.25, 0.3) is 10.9 Å². The Kier molecular flexibility index (Phi) is 4.15. The second kappa shape index (κ2) is 6.22. The minimum atomic E-state index is -0.0550. The second-order valence-electron chi connectivity index (χ2n) is 5.69. The highest BCUT2D eigenvalue weighted by molar-refractivity contribution is 5.77. The van der Waals surface area contributed by atoms with Crippen LogP contribution in [0.15, 0.2) is 41.7 Å². The van der Waals surface area contributed by atoms with Crippen molar-refractivity contribution in [1.29, 1.82) is 0 Å². The highest BCUT2D eigenvalue weighted by Crippen LogP contribution is 2.24. The average molecular weight is 283 g/mol. The number of H-pyrrole nitrogens is 1. The van der Waals surface area contributed by atoms with Crippen molar-refractivity contribution < 1.29 is 0 Å². The molecule has 2 aromatic rings. The SMILES string of the molecule is C=CCN(Cc1nc2ccccc2c(=O)[nH]1)C1CCCC1. The number of nitrogens with zero attached hydrogens (tertiary/aromatic N) is 2. The van der Waals surface area contributed by atoms with Gasteiger partial charge in [-0.3, -0.25) is 9.69 Å². The molecule has 4 heteroatoms. The number of benzene rings is 1. The fraction of sp³-hybridized carbons (Fsp3) is 0.412. The van der Waals surface area contributed by atoms with Gasteiger partial charge in [0.05, 0.1) is 17.4 Å². The minimum absolute atomic E-state index is 0.0550. The van der Waals surface area contributed by atoms with E-state index >= 15 is 0 Å². The summed E-state index contributed by atoms with van der Waals surface area (Å²) in [6.07, 6.45) is 6.97. The minimum Gasteiger partial charge on any atom is -0.309 e. The Balaban J connectivity index is 1.88. The predicted octanol–water partition coefficient (Wildman–Crippen LogP) is 2.85. The van der Waals surface area contributed by atoms with Gasteiger partial charge in [0, 0.05) is 12.6 Å². The lowest BCUT2D eigenvalue weighted by Gasteiger charge is -2.26. The van der Waals surface area contributed by atoms with Crippen molar-refractivity contribution in [2.24, 2.45) is 0 Å². The Hall–Kier alpha value is -1.94. The van der Waals surface area contributed by atoms with E-state index in [0.29, 0.717) is 18.0 Å². The zero-order valence-corrected chi connectivity index (χ0v) is 12.2. The number of rotatable bonds is 5. The number of hydrogen-bond donors (Lipinski definition) is 1. The molecule has 110 valence electrons. The van der Waals surface area contributed by atoms with Gasteiger partial charge in [0.15, 0.2) is 0 Å². The van der Waals surface area contributed by atoms with Gasteiger partial charge in [-0.1, -0.05) is 31.1 Å².